The van der Waals surface area contributed by atoms with Crippen molar-refractivity contribution in [3.05, 3.63) is 45.5 Å². The lowest BCUT2D eigenvalue weighted by atomic mass is 9.95. The van der Waals surface area contributed by atoms with E-state index in [1.54, 1.807) is 20.3 Å². The Hall–Kier alpha value is -3.29. The van der Waals surface area contributed by atoms with E-state index < -0.39 is 11.5 Å². The predicted molar refractivity (Wildman–Crippen MR) is 88.7 cm³/mol. The summed E-state index contributed by atoms with van der Waals surface area (Å²) in [5.41, 5.74) is 2.58. The molecule has 0 fully saturated rings. The minimum atomic E-state index is -1.24. The van der Waals surface area contributed by atoms with Crippen molar-refractivity contribution in [1.82, 2.24) is 14.4 Å². The van der Waals surface area contributed by atoms with Gasteiger partial charge in [0.1, 0.15) is 17.0 Å². The molecule has 0 atom stereocenters. The molecule has 8 heteroatoms. The molecular weight excluding hydrogens is 326 g/mol. The molecule has 8 nitrogen and oxygen atoms in total. The van der Waals surface area contributed by atoms with E-state index in [1.807, 2.05) is 10.6 Å². The number of H-pyrrole nitrogens is 1. The van der Waals surface area contributed by atoms with E-state index in [2.05, 4.69) is 9.97 Å². The van der Waals surface area contributed by atoms with Crippen LogP contribution in [0.4, 0.5) is 0 Å². The standard InChI is InChI=1S/C17H15N3O5/c1-24-9-6-12(25-2)15-18-14-11(20(15)7-9)4-3-8-5-10(17(22)23)16(21)19-13(8)14/h5-7H,3-4H2,1-2H3,(H,19,21)(H,22,23). The molecule has 0 aromatic carbocycles. The van der Waals surface area contributed by atoms with Crippen LogP contribution in [0, 0.1) is 0 Å². The van der Waals surface area contributed by atoms with Crippen molar-refractivity contribution in [2.75, 3.05) is 14.2 Å². The number of hydrogen-bond donors (Lipinski definition) is 2. The Morgan fingerprint density at radius 2 is 2.08 bits per heavy atom. The lowest BCUT2D eigenvalue weighted by molar-refractivity contribution is 0.0695. The van der Waals surface area contributed by atoms with Crippen molar-refractivity contribution in [2.45, 2.75) is 12.8 Å². The molecular formula is C17H15N3O5. The number of pyridine rings is 2. The van der Waals surface area contributed by atoms with Crippen molar-refractivity contribution in [1.29, 1.82) is 0 Å². The molecule has 1 aliphatic carbocycles. The number of carboxylic acids is 1. The summed E-state index contributed by atoms with van der Waals surface area (Å²) in [5.74, 6) is -0.0545. The highest BCUT2D eigenvalue weighted by atomic mass is 16.5. The van der Waals surface area contributed by atoms with Gasteiger partial charge in [-0.3, -0.25) is 9.20 Å². The first kappa shape index (κ1) is 15.3. The maximum atomic E-state index is 12.1. The lowest BCUT2D eigenvalue weighted by Gasteiger charge is -2.16. The quantitative estimate of drug-likeness (QED) is 0.748. The third-order valence-corrected chi connectivity index (χ3v) is 4.44. The summed E-state index contributed by atoms with van der Waals surface area (Å²) in [4.78, 5) is 30.5. The van der Waals surface area contributed by atoms with Crippen LogP contribution in [0.5, 0.6) is 11.5 Å². The molecule has 0 bridgehead atoms. The van der Waals surface area contributed by atoms with Gasteiger partial charge in [0.15, 0.2) is 11.4 Å². The average Bonchev–Trinajstić information content (AvgIpc) is 2.99. The van der Waals surface area contributed by atoms with Crippen molar-refractivity contribution in [2.24, 2.45) is 0 Å². The summed E-state index contributed by atoms with van der Waals surface area (Å²) >= 11 is 0. The van der Waals surface area contributed by atoms with Crippen LogP contribution in [0.15, 0.2) is 23.1 Å². The summed E-state index contributed by atoms with van der Waals surface area (Å²) in [5, 5.41) is 9.13. The van der Waals surface area contributed by atoms with Crippen LogP contribution in [-0.4, -0.2) is 39.7 Å². The topological polar surface area (TPSA) is 106 Å². The molecule has 3 heterocycles. The molecule has 1 aliphatic rings. The maximum Gasteiger partial charge on any atom is 0.341 e. The summed E-state index contributed by atoms with van der Waals surface area (Å²) < 4.78 is 12.6. The highest BCUT2D eigenvalue weighted by Crippen LogP contribution is 2.35. The Morgan fingerprint density at radius 1 is 1.28 bits per heavy atom. The van der Waals surface area contributed by atoms with Crippen LogP contribution < -0.4 is 15.0 Å². The molecule has 4 rings (SSSR count). The van der Waals surface area contributed by atoms with Crippen LogP contribution >= 0.6 is 0 Å². The molecule has 0 spiro atoms. The molecule has 0 saturated carbocycles. The first-order valence-corrected chi connectivity index (χ1v) is 7.66. The van der Waals surface area contributed by atoms with Gasteiger partial charge in [-0.25, -0.2) is 9.78 Å². The number of methoxy groups -OCH3 is 2. The van der Waals surface area contributed by atoms with Gasteiger partial charge in [-0.05, 0) is 24.5 Å². The zero-order valence-corrected chi connectivity index (χ0v) is 13.6. The summed E-state index contributed by atoms with van der Waals surface area (Å²) in [7, 11) is 3.13. The van der Waals surface area contributed by atoms with Gasteiger partial charge in [0.25, 0.3) is 5.56 Å². The van der Waals surface area contributed by atoms with Crippen LogP contribution in [0.25, 0.3) is 17.0 Å². The monoisotopic (exact) mass is 341 g/mol. The molecule has 128 valence electrons. The molecule has 0 amide bonds. The number of ether oxygens (including phenoxy) is 2. The van der Waals surface area contributed by atoms with Gasteiger partial charge in [0, 0.05) is 6.07 Å². The molecule has 0 unspecified atom stereocenters. The Kier molecular flexibility index (Phi) is 3.28. The molecule has 0 saturated heterocycles. The van der Waals surface area contributed by atoms with E-state index in [9.17, 15) is 9.59 Å². The van der Waals surface area contributed by atoms with Gasteiger partial charge in [-0.1, -0.05) is 0 Å². The zero-order valence-electron chi connectivity index (χ0n) is 13.6. The number of nitrogens with one attached hydrogen (secondary N) is 1. The second-order valence-electron chi connectivity index (χ2n) is 5.77. The van der Waals surface area contributed by atoms with E-state index in [-0.39, 0.29) is 5.56 Å². The first-order chi connectivity index (χ1) is 12.0. The molecule has 3 aromatic rings. The largest absolute Gasteiger partial charge is 0.495 e. The second-order valence-corrected chi connectivity index (χ2v) is 5.77. The summed E-state index contributed by atoms with van der Waals surface area (Å²) in [6.07, 6.45) is 3.08. The van der Waals surface area contributed by atoms with Gasteiger partial charge in [-0.15, -0.1) is 0 Å². The third kappa shape index (κ3) is 2.18. The SMILES string of the molecule is COc1cc(OC)c2nc3c(n2c1)CCc1cc(C(=O)O)c(=O)[nH]c1-3. The van der Waals surface area contributed by atoms with Gasteiger partial charge in [-0.2, -0.15) is 0 Å². The number of imidazole rings is 1. The van der Waals surface area contributed by atoms with Crippen molar-refractivity contribution >= 4 is 11.6 Å². The average molecular weight is 341 g/mol. The second kappa shape index (κ2) is 5.37. The molecule has 25 heavy (non-hydrogen) atoms. The molecule has 0 aliphatic heterocycles. The van der Waals surface area contributed by atoms with E-state index in [1.165, 1.54) is 6.07 Å². The summed E-state index contributed by atoms with van der Waals surface area (Å²) in [6.45, 7) is 0. The number of fused-ring (bicyclic) bond motifs is 5. The smallest absolute Gasteiger partial charge is 0.341 e. The maximum absolute atomic E-state index is 12.1. The van der Waals surface area contributed by atoms with Crippen molar-refractivity contribution in [3.63, 3.8) is 0 Å². The minimum absolute atomic E-state index is 0.259. The highest BCUT2D eigenvalue weighted by molar-refractivity contribution is 5.88. The Balaban J connectivity index is 2.01. The number of aromatic carboxylic acids is 1. The number of aryl methyl sites for hydroxylation is 2. The third-order valence-electron chi connectivity index (χ3n) is 4.44. The number of hydrogen-bond acceptors (Lipinski definition) is 5. The number of aromatic amines is 1. The predicted octanol–water partition coefficient (Wildman–Crippen LogP) is 1.50. The Morgan fingerprint density at radius 3 is 2.76 bits per heavy atom. The van der Waals surface area contributed by atoms with Gasteiger partial charge in [0.05, 0.1) is 31.8 Å². The summed E-state index contributed by atoms with van der Waals surface area (Å²) in [6, 6.07) is 3.17. The zero-order chi connectivity index (χ0) is 17.7. The fraction of sp³-hybridized carbons (Fsp3) is 0.235. The van der Waals surface area contributed by atoms with Crippen LogP contribution in [0.1, 0.15) is 21.6 Å². The van der Waals surface area contributed by atoms with E-state index >= 15 is 0 Å². The number of carbonyl (C=O) groups is 1. The molecule has 3 aromatic heterocycles. The first-order valence-electron chi connectivity index (χ1n) is 7.66. The highest BCUT2D eigenvalue weighted by Gasteiger charge is 2.26. The van der Waals surface area contributed by atoms with Crippen molar-refractivity contribution < 1.29 is 19.4 Å². The van der Waals surface area contributed by atoms with Gasteiger partial charge < -0.3 is 19.6 Å². The normalized spacial score (nSPS) is 12.6. The number of nitrogens with zero attached hydrogens (tertiary/aromatic N) is 2. The van der Waals surface area contributed by atoms with Gasteiger partial charge in [0.2, 0.25) is 0 Å². The fourth-order valence-electron chi connectivity index (χ4n) is 3.23. The Labute approximate surface area is 141 Å². The molecule has 0 radical (unpaired) electrons. The van der Waals surface area contributed by atoms with Crippen LogP contribution in [-0.2, 0) is 12.8 Å². The number of aromatic nitrogens is 3. The minimum Gasteiger partial charge on any atom is -0.495 e. The lowest BCUT2D eigenvalue weighted by Crippen LogP contribution is -2.21. The van der Waals surface area contributed by atoms with Crippen LogP contribution in [0.2, 0.25) is 0 Å². The Bertz CT molecular complexity index is 1080. The van der Waals surface area contributed by atoms with Crippen molar-refractivity contribution in [3.8, 4) is 22.9 Å². The van der Waals surface area contributed by atoms with Crippen LogP contribution in [0.3, 0.4) is 0 Å². The van der Waals surface area contributed by atoms with E-state index in [0.717, 1.165) is 11.3 Å². The van der Waals surface area contributed by atoms with Gasteiger partial charge >= 0.3 is 5.97 Å². The van der Waals surface area contributed by atoms with E-state index in [4.69, 9.17) is 14.6 Å². The number of rotatable bonds is 3. The van der Waals surface area contributed by atoms with E-state index in [0.29, 0.717) is 41.4 Å². The molecule has 2 N–H and O–H groups in total. The fourth-order valence-corrected chi connectivity index (χ4v) is 3.23. The number of carboxylic acid groups (broad SMARTS) is 1.